The quantitative estimate of drug-likeness (QED) is 0.746. The van der Waals surface area contributed by atoms with E-state index < -0.39 is 11.9 Å². The third kappa shape index (κ3) is 6.40. The smallest absolute Gasteiger partial charge is 0.239 e. The summed E-state index contributed by atoms with van der Waals surface area (Å²) in [6, 6.07) is 9.27. The molecule has 21 heavy (non-hydrogen) atoms. The van der Waals surface area contributed by atoms with Crippen molar-refractivity contribution in [2.24, 2.45) is 17.4 Å². The molecular formula is C16H25N3O2. The number of nitrogens with zero attached hydrogens (tertiary/aromatic N) is 1. The summed E-state index contributed by atoms with van der Waals surface area (Å²) < 4.78 is 0. The van der Waals surface area contributed by atoms with Crippen LogP contribution in [0.5, 0.6) is 0 Å². The van der Waals surface area contributed by atoms with Crippen LogP contribution in [0.25, 0.3) is 0 Å². The van der Waals surface area contributed by atoms with E-state index in [1.165, 1.54) is 4.90 Å². The minimum absolute atomic E-state index is 0.0734. The predicted molar refractivity (Wildman–Crippen MR) is 83.4 cm³/mol. The summed E-state index contributed by atoms with van der Waals surface area (Å²) >= 11 is 0. The second-order valence-electron chi connectivity index (χ2n) is 5.71. The van der Waals surface area contributed by atoms with Crippen LogP contribution in [0.3, 0.4) is 0 Å². The summed E-state index contributed by atoms with van der Waals surface area (Å²) in [6.45, 7) is 4.38. The SMILES string of the molecule is CC(C)CN(CC(N)=O)C(=O)C(N)CCc1ccccc1. The van der Waals surface area contributed by atoms with Crippen LogP contribution in [0.2, 0.25) is 0 Å². The van der Waals surface area contributed by atoms with Gasteiger partial charge in [-0.25, -0.2) is 0 Å². The van der Waals surface area contributed by atoms with E-state index in [-0.39, 0.29) is 18.4 Å². The molecule has 0 saturated carbocycles. The summed E-state index contributed by atoms with van der Waals surface area (Å²) in [5.41, 5.74) is 12.3. The van der Waals surface area contributed by atoms with Crippen LogP contribution in [0, 0.1) is 5.92 Å². The molecule has 0 fully saturated rings. The van der Waals surface area contributed by atoms with Gasteiger partial charge in [0.1, 0.15) is 0 Å². The number of rotatable bonds is 8. The lowest BCUT2D eigenvalue weighted by Gasteiger charge is -2.26. The molecule has 5 heteroatoms. The van der Waals surface area contributed by atoms with E-state index in [4.69, 9.17) is 11.5 Å². The van der Waals surface area contributed by atoms with Gasteiger partial charge in [-0.2, -0.15) is 0 Å². The van der Waals surface area contributed by atoms with Crippen LogP contribution in [0.4, 0.5) is 0 Å². The van der Waals surface area contributed by atoms with Gasteiger partial charge in [0, 0.05) is 6.54 Å². The Morgan fingerprint density at radius 3 is 2.33 bits per heavy atom. The summed E-state index contributed by atoms with van der Waals surface area (Å²) in [7, 11) is 0. The molecule has 5 nitrogen and oxygen atoms in total. The van der Waals surface area contributed by atoms with Crippen LogP contribution >= 0.6 is 0 Å². The van der Waals surface area contributed by atoms with Crippen LogP contribution < -0.4 is 11.5 Å². The normalized spacial score (nSPS) is 12.2. The number of aryl methyl sites for hydroxylation is 1. The summed E-state index contributed by atoms with van der Waals surface area (Å²) in [5.74, 6) is -0.465. The number of nitrogens with two attached hydrogens (primary N) is 2. The summed E-state index contributed by atoms with van der Waals surface area (Å²) in [6.07, 6.45) is 1.29. The fourth-order valence-corrected chi connectivity index (χ4v) is 2.19. The lowest BCUT2D eigenvalue weighted by molar-refractivity contribution is -0.136. The first-order valence-corrected chi connectivity index (χ1v) is 7.26. The van der Waals surface area contributed by atoms with Crippen molar-refractivity contribution < 1.29 is 9.59 Å². The van der Waals surface area contributed by atoms with Gasteiger partial charge in [0.15, 0.2) is 0 Å². The molecule has 0 saturated heterocycles. The van der Waals surface area contributed by atoms with Crippen molar-refractivity contribution in [1.82, 2.24) is 4.90 Å². The third-order valence-electron chi connectivity index (χ3n) is 3.15. The minimum atomic E-state index is -0.608. The number of benzene rings is 1. The topological polar surface area (TPSA) is 89.4 Å². The van der Waals surface area contributed by atoms with Crippen LogP contribution in [-0.4, -0.2) is 35.8 Å². The van der Waals surface area contributed by atoms with E-state index in [1.54, 1.807) is 0 Å². The number of carbonyl (C=O) groups is 2. The standard InChI is InChI=1S/C16H25N3O2/c1-12(2)10-19(11-15(18)20)16(21)14(17)9-8-13-6-4-3-5-7-13/h3-7,12,14H,8-11,17H2,1-2H3,(H2,18,20). The Morgan fingerprint density at radius 1 is 1.19 bits per heavy atom. The number of hydrogen-bond donors (Lipinski definition) is 2. The van der Waals surface area contributed by atoms with Gasteiger partial charge >= 0.3 is 0 Å². The zero-order chi connectivity index (χ0) is 15.8. The Bertz CT molecular complexity index is 460. The first kappa shape index (κ1) is 17.2. The van der Waals surface area contributed by atoms with Gasteiger partial charge in [-0.15, -0.1) is 0 Å². The van der Waals surface area contributed by atoms with Crippen LogP contribution in [-0.2, 0) is 16.0 Å². The predicted octanol–water partition coefficient (Wildman–Crippen LogP) is 0.916. The number of carbonyl (C=O) groups excluding carboxylic acids is 2. The molecule has 0 aliphatic heterocycles. The Labute approximate surface area is 126 Å². The largest absolute Gasteiger partial charge is 0.368 e. The highest BCUT2D eigenvalue weighted by Gasteiger charge is 2.22. The fraction of sp³-hybridized carbons (Fsp3) is 0.500. The summed E-state index contributed by atoms with van der Waals surface area (Å²) in [4.78, 5) is 24.9. The van der Waals surface area contributed by atoms with Crippen molar-refractivity contribution in [2.45, 2.75) is 32.7 Å². The van der Waals surface area contributed by atoms with Gasteiger partial charge in [0.2, 0.25) is 11.8 Å². The van der Waals surface area contributed by atoms with Gasteiger partial charge in [-0.05, 0) is 24.3 Å². The van der Waals surface area contributed by atoms with E-state index in [9.17, 15) is 9.59 Å². The fourth-order valence-electron chi connectivity index (χ4n) is 2.19. The molecule has 1 atom stereocenters. The highest BCUT2D eigenvalue weighted by molar-refractivity contribution is 5.86. The Kier molecular flexibility index (Phi) is 6.88. The molecule has 1 unspecified atom stereocenters. The zero-order valence-electron chi connectivity index (χ0n) is 12.8. The molecule has 0 bridgehead atoms. The van der Waals surface area contributed by atoms with E-state index in [0.717, 1.165) is 12.0 Å². The van der Waals surface area contributed by atoms with Crippen molar-refractivity contribution in [3.8, 4) is 0 Å². The van der Waals surface area contributed by atoms with Crippen LogP contribution in [0.1, 0.15) is 25.8 Å². The van der Waals surface area contributed by atoms with E-state index in [2.05, 4.69) is 0 Å². The highest BCUT2D eigenvalue weighted by atomic mass is 16.2. The monoisotopic (exact) mass is 291 g/mol. The molecular weight excluding hydrogens is 266 g/mol. The third-order valence-corrected chi connectivity index (χ3v) is 3.15. The first-order chi connectivity index (χ1) is 9.90. The maximum absolute atomic E-state index is 12.3. The maximum atomic E-state index is 12.3. The molecule has 0 radical (unpaired) electrons. The Balaban J connectivity index is 2.58. The molecule has 4 N–H and O–H groups in total. The zero-order valence-corrected chi connectivity index (χ0v) is 12.8. The molecule has 0 aliphatic carbocycles. The molecule has 1 rings (SSSR count). The highest BCUT2D eigenvalue weighted by Crippen LogP contribution is 2.07. The van der Waals surface area contributed by atoms with Crippen molar-refractivity contribution in [3.63, 3.8) is 0 Å². The van der Waals surface area contributed by atoms with Crippen molar-refractivity contribution >= 4 is 11.8 Å². The van der Waals surface area contributed by atoms with E-state index in [0.29, 0.717) is 13.0 Å². The van der Waals surface area contributed by atoms with Gasteiger partial charge < -0.3 is 16.4 Å². The molecule has 1 aromatic carbocycles. The molecule has 0 spiro atoms. The molecule has 0 heterocycles. The molecule has 1 aromatic rings. The number of hydrogen-bond acceptors (Lipinski definition) is 3. The van der Waals surface area contributed by atoms with Crippen molar-refractivity contribution in [1.29, 1.82) is 0 Å². The van der Waals surface area contributed by atoms with E-state index >= 15 is 0 Å². The Morgan fingerprint density at radius 2 is 1.81 bits per heavy atom. The average molecular weight is 291 g/mol. The number of primary amides is 1. The number of amides is 2. The van der Waals surface area contributed by atoms with Gasteiger partial charge in [0.05, 0.1) is 12.6 Å². The van der Waals surface area contributed by atoms with E-state index in [1.807, 2.05) is 44.2 Å². The summed E-state index contributed by atoms with van der Waals surface area (Å²) in [5, 5.41) is 0. The molecule has 116 valence electrons. The first-order valence-electron chi connectivity index (χ1n) is 7.26. The second kappa shape index (κ2) is 8.42. The lowest BCUT2D eigenvalue weighted by Crippen LogP contribution is -2.48. The van der Waals surface area contributed by atoms with Crippen molar-refractivity contribution in [2.75, 3.05) is 13.1 Å². The second-order valence-corrected chi connectivity index (χ2v) is 5.71. The minimum Gasteiger partial charge on any atom is -0.368 e. The maximum Gasteiger partial charge on any atom is 0.239 e. The molecule has 2 amide bonds. The molecule has 0 aromatic heterocycles. The lowest BCUT2D eigenvalue weighted by atomic mass is 10.0. The average Bonchev–Trinajstić information content (AvgIpc) is 2.43. The van der Waals surface area contributed by atoms with Crippen LogP contribution in [0.15, 0.2) is 30.3 Å². The Hall–Kier alpha value is -1.88. The van der Waals surface area contributed by atoms with Gasteiger partial charge in [-0.3, -0.25) is 9.59 Å². The van der Waals surface area contributed by atoms with Gasteiger partial charge in [-0.1, -0.05) is 44.2 Å². The molecule has 0 aliphatic rings. The van der Waals surface area contributed by atoms with Gasteiger partial charge in [0.25, 0.3) is 0 Å². The van der Waals surface area contributed by atoms with Crippen molar-refractivity contribution in [3.05, 3.63) is 35.9 Å².